The van der Waals surface area contributed by atoms with E-state index in [1.807, 2.05) is 84.9 Å². The molecule has 1 aromatic heterocycles. The molecule has 0 saturated carbocycles. The number of aromatic nitrogens is 1. The molecule has 4 aromatic rings. The van der Waals surface area contributed by atoms with Crippen LogP contribution in [0.1, 0.15) is 21.6 Å². The van der Waals surface area contributed by atoms with Crippen LogP contribution in [-0.2, 0) is 0 Å². The number of nitrogens with one attached hydrogen (secondary N) is 1. The van der Waals surface area contributed by atoms with E-state index in [0.29, 0.717) is 17.0 Å². The number of carbonyl (C=O) groups excluding carboxylic acids is 1. The molecule has 130 valence electrons. The summed E-state index contributed by atoms with van der Waals surface area (Å²) in [6.45, 7) is 0. The van der Waals surface area contributed by atoms with Gasteiger partial charge >= 0.3 is 0 Å². The summed E-state index contributed by atoms with van der Waals surface area (Å²) in [6, 6.07) is 28.8. The predicted octanol–water partition coefficient (Wildman–Crippen LogP) is 4.42. The molecule has 1 N–H and O–H groups in total. The van der Waals surface area contributed by atoms with Crippen molar-refractivity contribution >= 4 is 22.4 Å². The molecule has 0 aliphatic rings. The van der Waals surface area contributed by atoms with Crippen LogP contribution in [0.5, 0.6) is 0 Å². The van der Waals surface area contributed by atoms with E-state index in [9.17, 15) is 4.79 Å². The van der Waals surface area contributed by atoms with E-state index in [2.05, 4.69) is 15.5 Å². The second kappa shape index (κ2) is 7.62. The van der Waals surface area contributed by atoms with Gasteiger partial charge in [-0.15, -0.1) is 0 Å². The van der Waals surface area contributed by atoms with Crippen molar-refractivity contribution in [3.05, 3.63) is 114 Å². The van der Waals surface area contributed by atoms with Gasteiger partial charge < -0.3 is 0 Å². The van der Waals surface area contributed by atoms with E-state index in [1.165, 1.54) is 0 Å². The summed E-state index contributed by atoms with van der Waals surface area (Å²) >= 11 is 0. The zero-order valence-electron chi connectivity index (χ0n) is 14.5. The van der Waals surface area contributed by atoms with Crippen LogP contribution in [0.2, 0.25) is 0 Å². The smallest absolute Gasteiger partial charge is 0.267 e. The Labute approximate surface area is 157 Å². The van der Waals surface area contributed by atoms with Crippen molar-refractivity contribution < 1.29 is 4.79 Å². The van der Waals surface area contributed by atoms with Crippen LogP contribution in [0.3, 0.4) is 0 Å². The monoisotopic (exact) mass is 351 g/mol. The van der Waals surface area contributed by atoms with E-state index in [0.717, 1.165) is 16.3 Å². The summed E-state index contributed by atoms with van der Waals surface area (Å²) in [5, 5.41) is 6.31. The molecule has 4 nitrogen and oxygen atoms in total. The molecule has 0 aliphatic carbocycles. The number of rotatable bonds is 4. The first kappa shape index (κ1) is 16.7. The molecule has 4 heteroatoms. The second-order valence-electron chi connectivity index (χ2n) is 6.01. The number of benzene rings is 3. The molecule has 0 aliphatic heterocycles. The minimum Gasteiger partial charge on any atom is -0.267 e. The number of pyridine rings is 1. The Morgan fingerprint density at radius 1 is 0.778 bits per heavy atom. The van der Waals surface area contributed by atoms with Crippen LogP contribution in [0, 0.1) is 0 Å². The van der Waals surface area contributed by atoms with Gasteiger partial charge in [0.05, 0.1) is 5.69 Å². The van der Waals surface area contributed by atoms with E-state index >= 15 is 0 Å². The van der Waals surface area contributed by atoms with Crippen molar-refractivity contribution in [3.8, 4) is 0 Å². The molecule has 4 rings (SSSR count). The normalized spacial score (nSPS) is 11.3. The summed E-state index contributed by atoms with van der Waals surface area (Å²) in [5.74, 6) is -0.254. The summed E-state index contributed by atoms with van der Waals surface area (Å²) in [6.07, 6.45) is 1.71. The molecule has 1 amide bonds. The van der Waals surface area contributed by atoms with Crippen molar-refractivity contribution in [1.82, 2.24) is 10.4 Å². The first-order valence-electron chi connectivity index (χ1n) is 8.65. The van der Waals surface area contributed by atoms with Gasteiger partial charge in [-0.25, -0.2) is 5.43 Å². The number of nitrogens with zero attached hydrogens (tertiary/aromatic N) is 2. The van der Waals surface area contributed by atoms with Crippen molar-refractivity contribution in [2.24, 2.45) is 5.10 Å². The van der Waals surface area contributed by atoms with Gasteiger partial charge in [0.25, 0.3) is 5.91 Å². The van der Waals surface area contributed by atoms with Crippen LogP contribution in [0.25, 0.3) is 10.8 Å². The molecule has 1 heterocycles. The van der Waals surface area contributed by atoms with Gasteiger partial charge in [-0.3, -0.25) is 9.78 Å². The van der Waals surface area contributed by atoms with Crippen molar-refractivity contribution in [1.29, 1.82) is 0 Å². The van der Waals surface area contributed by atoms with Crippen LogP contribution < -0.4 is 5.43 Å². The first-order chi connectivity index (χ1) is 13.3. The molecule has 0 spiro atoms. The molecule has 3 aromatic carbocycles. The third-order valence-corrected chi connectivity index (χ3v) is 4.26. The first-order valence-corrected chi connectivity index (χ1v) is 8.65. The zero-order valence-corrected chi connectivity index (χ0v) is 14.5. The third kappa shape index (κ3) is 3.60. The summed E-state index contributed by atoms with van der Waals surface area (Å²) < 4.78 is 0. The number of hydrogen-bond acceptors (Lipinski definition) is 3. The topological polar surface area (TPSA) is 54.4 Å². The van der Waals surface area contributed by atoms with Crippen LogP contribution in [-0.4, -0.2) is 16.6 Å². The summed E-state index contributed by atoms with van der Waals surface area (Å²) in [7, 11) is 0. The Balaban J connectivity index is 1.70. The molecule has 0 bridgehead atoms. The summed E-state index contributed by atoms with van der Waals surface area (Å²) in [4.78, 5) is 17.2. The fourth-order valence-electron chi connectivity index (χ4n) is 2.96. The van der Waals surface area contributed by atoms with Gasteiger partial charge in [-0.05, 0) is 29.0 Å². The molecule has 0 radical (unpaired) electrons. The van der Waals surface area contributed by atoms with Gasteiger partial charge in [0.1, 0.15) is 5.71 Å². The molecular formula is C23H17N3O. The Kier molecular flexibility index (Phi) is 4.70. The molecule has 0 saturated heterocycles. The predicted molar refractivity (Wildman–Crippen MR) is 108 cm³/mol. The van der Waals surface area contributed by atoms with Crippen LogP contribution in [0.15, 0.2) is 102 Å². The summed E-state index contributed by atoms with van der Waals surface area (Å²) in [5.41, 5.74) is 5.48. The highest BCUT2D eigenvalue weighted by Crippen LogP contribution is 2.18. The minimum absolute atomic E-state index is 0.254. The highest BCUT2D eigenvalue weighted by Gasteiger charge is 2.12. The van der Waals surface area contributed by atoms with E-state index in [-0.39, 0.29) is 5.91 Å². The molecule has 0 atom stereocenters. The van der Waals surface area contributed by atoms with Gasteiger partial charge in [0.15, 0.2) is 0 Å². The van der Waals surface area contributed by atoms with Crippen LogP contribution >= 0.6 is 0 Å². The highest BCUT2D eigenvalue weighted by atomic mass is 16.2. The van der Waals surface area contributed by atoms with Crippen LogP contribution in [0.4, 0.5) is 0 Å². The van der Waals surface area contributed by atoms with E-state index in [1.54, 1.807) is 12.3 Å². The fraction of sp³-hybridized carbons (Fsp3) is 0. The lowest BCUT2D eigenvalue weighted by atomic mass is 10.0. The number of hydrogen-bond donors (Lipinski definition) is 1. The number of carbonyl (C=O) groups is 1. The maximum absolute atomic E-state index is 12.8. The Bertz CT molecular complexity index is 1060. The molecule has 27 heavy (non-hydrogen) atoms. The quantitative estimate of drug-likeness (QED) is 0.437. The van der Waals surface area contributed by atoms with Crippen molar-refractivity contribution in [2.75, 3.05) is 0 Å². The van der Waals surface area contributed by atoms with Gasteiger partial charge in [-0.2, -0.15) is 5.10 Å². The number of fused-ring (bicyclic) bond motifs is 1. The lowest BCUT2D eigenvalue weighted by Gasteiger charge is -2.08. The third-order valence-electron chi connectivity index (χ3n) is 4.26. The van der Waals surface area contributed by atoms with Gasteiger partial charge in [-0.1, -0.05) is 72.8 Å². The Morgan fingerprint density at radius 3 is 2.33 bits per heavy atom. The minimum atomic E-state index is -0.254. The van der Waals surface area contributed by atoms with E-state index in [4.69, 9.17) is 0 Å². The fourth-order valence-corrected chi connectivity index (χ4v) is 2.96. The molecule has 0 fully saturated rings. The standard InChI is InChI=1S/C23H17N3O/c27-23(20-14-8-12-17-9-4-5-13-19(17)20)26-25-22(18-10-2-1-3-11-18)21-15-6-7-16-24-21/h1-16H,(H,26,27)/b25-22+. The maximum Gasteiger partial charge on any atom is 0.272 e. The highest BCUT2D eigenvalue weighted by molar-refractivity contribution is 6.13. The van der Waals surface area contributed by atoms with Gasteiger partial charge in [0.2, 0.25) is 0 Å². The maximum atomic E-state index is 12.8. The van der Waals surface area contributed by atoms with Crippen molar-refractivity contribution in [2.45, 2.75) is 0 Å². The average molecular weight is 351 g/mol. The second-order valence-corrected chi connectivity index (χ2v) is 6.01. The Hall–Kier alpha value is -3.79. The molecular weight excluding hydrogens is 334 g/mol. The Morgan fingerprint density at radius 2 is 1.52 bits per heavy atom. The molecule has 0 unspecified atom stereocenters. The van der Waals surface area contributed by atoms with Gasteiger partial charge in [0, 0.05) is 17.3 Å². The number of hydrazone groups is 1. The average Bonchev–Trinajstić information content (AvgIpc) is 2.75. The van der Waals surface area contributed by atoms with E-state index < -0.39 is 0 Å². The lowest BCUT2D eigenvalue weighted by molar-refractivity contribution is 0.0956. The SMILES string of the molecule is O=C(N/N=C(\c1ccccc1)c1ccccn1)c1cccc2ccccc12. The number of amides is 1. The lowest BCUT2D eigenvalue weighted by Crippen LogP contribution is -2.21. The van der Waals surface area contributed by atoms with Crippen molar-refractivity contribution in [3.63, 3.8) is 0 Å². The zero-order chi connectivity index (χ0) is 18.5. The largest absolute Gasteiger partial charge is 0.272 e.